The van der Waals surface area contributed by atoms with E-state index in [0.717, 1.165) is 5.39 Å². The highest BCUT2D eigenvalue weighted by Gasteiger charge is 2.19. The zero-order valence-corrected chi connectivity index (χ0v) is 10.1. The first kappa shape index (κ1) is 12.1. The summed E-state index contributed by atoms with van der Waals surface area (Å²) >= 11 is 0. The first-order valence-electron chi connectivity index (χ1n) is 5.37. The highest BCUT2D eigenvalue weighted by molar-refractivity contribution is 6.42. The first-order valence-corrected chi connectivity index (χ1v) is 5.37. The topological polar surface area (TPSA) is 52.6 Å². The number of fused-ring (bicyclic) bond motifs is 1. The molecule has 2 aromatic carbocycles. The van der Waals surface area contributed by atoms with Gasteiger partial charge in [-0.05, 0) is 22.9 Å². The Morgan fingerprint density at radius 1 is 1.06 bits per heavy atom. The van der Waals surface area contributed by atoms with Crippen LogP contribution < -0.4 is 4.74 Å². The van der Waals surface area contributed by atoms with Gasteiger partial charge >= 0.3 is 5.97 Å². The molecule has 0 bridgehead atoms. The average molecular weight is 244 g/mol. The van der Waals surface area contributed by atoms with E-state index in [1.54, 1.807) is 31.4 Å². The van der Waals surface area contributed by atoms with Gasteiger partial charge in [-0.25, -0.2) is 4.79 Å². The third-order valence-corrected chi connectivity index (χ3v) is 2.70. The summed E-state index contributed by atoms with van der Waals surface area (Å²) in [4.78, 5) is 23.2. The van der Waals surface area contributed by atoms with Crippen LogP contribution in [0.25, 0.3) is 10.8 Å². The van der Waals surface area contributed by atoms with Crippen LogP contribution in [-0.2, 0) is 9.53 Å². The Morgan fingerprint density at radius 2 is 1.83 bits per heavy atom. The van der Waals surface area contributed by atoms with E-state index in [-0.39, 0.29) is 0 Å². The highest BCUT2D eigenvalue weighted by Crippen LogP contribution is 2.24. The van der Waals surface area contributed by atoms with Crippen molar-refractivity contribution in [2.45, 2.75) is 0 Å². The Balaban J connectivity index is 2.63. The summed E-state index contributed by atoms with van der Waals surface area (Å²) in [6.07, 6.45) is 0. The second-order valence-electron chi connectivity index (χ2n) is 3.71. The lowest BCUT2D eigenvalue weighted by Gasteiger charge is -2.06. The lowest BCUT2D eigenvalue weighted by atomic mass is 10.0. The fraction of sp³-hybridized carbons (Fsp3) is 0.143. The maximum Gasteiger partial charge on any atom is 0.379 e. The van der Waals surface area contributed by atoms with Crippen molar-refractivity contribution in [3.8, 4) is 5.75 Å². The molecular weight excluding hydrogens is 232 g/mol. The summed E-state index contributed by atoms with van der Waals surface area (Å²) in [5.41, 5.74) is 0.318. The van der Waals surface area contributed by atoms with Crippen LogP contribution in [0.15, 0.2) is 36.4 Å². The van der Waals surface area contributed by atoms with E-state index in [0.29, 0.717) is 16.7 Å². The summed E-state index contributed by atoms with van der Waals surface area (Å²) in [5.74, 6) is -0.894. The molecule has 18 heavy (non-hydrogen) atoms. The smallest absolute Gasteiger partial charge is 0.379 e. The number of hydrogen-bond donors (Lipinski definition) is 0. The van der Waals surface area contributed by atoms with Gasteiger partial charge in [0.25, 0.3) is 5.78 Å². The van der Waals surface area contributed by atoms with Gasteiger partial charge in [0.2, 0.25) is 0 Å². The van der Waals surface area contributed by atoms with Crippen molar-refractivity contribution in [1.82, 2.24) is 0 Å². The summed E-state index contributed by atoms with van der Waals surface area (Å²) in [6, 6.07) is 10.6. The molecule has 0 aliphatic heterocycles. The first-order chi connectivity index (χ1) is 8.67. The predicted molar refractivity (Wildman–Crippen MR) is 66.8 cm³/mol. The Bertz CT molecular complexity index is 616. The van der Waals surface area contributed by atoms with E-state index < -0.39 is 11.8 Å². The second kappa shape index (κ2) is 4.87. The minimum atomic E-state index is -0.870. The number of esters is 1. The molecule has 0 saturated carbocycles. The number of rotatable bonds is 3. The van der Waals surface area contributed by atoms with Crippen molar-refractivity contribution in [2.24, 2.45) is 0 Å². The van der Waals surface area contributed by atoms with Crippen molar-refractivity contribution in [3.63, 3.8) is 0 Å². The molecule has 4 nitrogen and oxygen atoms in total. The van der Waals surface area contributed by atoms with Gasteiger partial charge in [-0.3, -0.25) is 4.79 Å². The van der Waals surface area contributed by atoms with Crippen LogP contribution in [0.3, 0.4) is 0 Å². The number of benzene rings is 2. The maximum atomic E-state index is 11.9. The Kier molecular flexibility index (Phi) is 3.28. The molecule has 0 N–H and O–H groups in total. The van der Waals surface area contributed by atoms with Crippen molar-refractivity contribution < 1.29 is 19.1 Å². The van der Waals surface area contributed by atoms with Crippen LogP contribution in [0.5, 0.6) is 5.75 Å². The van der Waals surface area contributed by atoms with Crippen LogP contribution >= 0.6 is 0 Å². The SMILES string of the molecule is COC(=O)C(=O)c1cccc2ccc(OC)cc12. The van der Waals surface area contributed by atoms with Gasteiger partial charge in [0.15, 0.2) is 0 Å². The molecule has 0 heterocycles. The summed E-state index contributed by atoms with van der Waals surface area (Å²) in [5, 5.41) is 1.54. The van der Waals surface area contributed by atoms with Crippen molar-refractivity contribution in [3.05, 3.63) is 42.0 Å². The molecule has 0 spiro atoms. The monoisotopic (exact) mass is 244 g/mol. The standard InChI is InChI=1S/C14H12O4/c1-17-10-7-6-9-4-3-5-11(12(9)8-10)13(15)14(16)18-2/h3-8H,1-2H3. The van der Waals surface area contributed by atoms with Crippen molar-refractivity contribution in [1.29, 1.82) is 0 Å². The van der Waals surface area contributed by atoms with E-state index in [1.807, 2.05) is 12.1 Å². The summed E-state index contributed by atoms with van der Waals surface area (Å²) in [7, 11) is 2.73. The van der Waals surface area contributed by atoms with Gasteiger partial charge in [-0.2, -0.15) is 0 Å². The van der Waals surface area contributed by atoms with Crippen molar-refractivity contribution in [2.75, 3.05) is 14.2 Å². The normalized spacial score (nSPS) is 10.1. The molecule has 0 atom stereocenters. The largest absolute Gasteiger partial charge is 0.497 e. The van der Waals surface area contributed by atoms with Gasteiger partial charge in [0.1, 0.15) is 5.75 Å². The van der Waals surface area contributed by atoms with Gasteiger partial charge in [-0.15, -0.1) is 0 Å². The molecule has 92 valence electrons. The molecule has 0 fully saturated rings. The molecule has 2 aromatic rings. The fourth-order valence-electron chi connectivity index (χ4n) is 1.78. The summed E-state index contributed by atoms with van der Waals surface area (Å²) in [6.45, 7) is 0. The van der Waals surface area contributed by atoms with Crippen LogP contribution in [0.2, 0.25) is 0 Å². The van der Waals surface area contributed by atoms with E-state index in [4.69, 9.17) is 4.74 Å². The average Bonchev–Trinajstić information content (AvgIpc) is 2.44. The van der Waals surface area contributed by atoms with Gasteiger partial charge < -0.3 is 9.47 Å². The van der Waals surface area contributed by atoms with Crippen molar-refractivity contribution >= 4 is 22.5 Å². The van der Waals surface area contributed by atoms with E-state index in [2.05, 4.69) is 4.74 Å². The Hall–Kier alpha value is -2.36. The molecule has 0 aliphatic carbocycles. The third kappa shape index (κ3) is 2.05. The van der Waals surface area contributed by atoms with Crippen LogP contribution in [0, 0.1) is 0 Å². The zero-order chi connectivity index (χ0) is 13.1. The molecule has 0 amide bonds. The Morgan fingerprint density at radius 3 is 2.50 bits per heavy atom. The van der Waals surface area contributed by atoms with Crippen LogP contribution in [0.4, 0.5) is 0 Å². The lowest BCUT2D eigenvalue weighted by Crippen LogP contribution is -2.15. The second-order valence-corrected chi connectivity index (χ2v) is 3.71. The predicted octanol–water partition coefficient (Wildman–Crippen LogP) is 2.20. The molecular formula is C14H12O4. The maximum absolute atomic E-state index is 11.9. The molecule has 2 rings (SSSR count). The quantitative estimate of drug-likeness (QED) is 0.472. The molecule has 0 aromatic heterocycles. The molecule has 0 unspecified atom stereocenters. The van der Waals surface area contributed by atoms with Gasteiger partial charge in [-0.1, -0.05) is 24.3 Å². The van der Waals surface area contributed by atoms with E-state index >= 15 is 0 Å². The highest BCUT2D eigenvalue weighted by atomic mass is 16.5. The number of hydrogen-bond acceptors (Lipinski definition) is 4. The molecule has 4 heteroatoms. The van der Waals surface area contributed by atoms with E-state index in [1.165, 1.54) is 7.11 Å². The van der Waals surface area contributed by atoms with Crippen LogP contribution in [0.1, 0.15) is 10.4 Å². The number of ketones is 1. The van der Waals surface area contributed by atoms with Gasteiger partial charge in [0, 0.05) is 5.56 Å². The Labute approximate surface area is 104 Å². The number of carbonyl (C=O) groups excluding carboxylic acids is 2. The number of methoxy groups -OCH3 is 2. The number of ether oxygens (including phenoxy) is 2. The molecule has 0 aliphatic rings. The fourth-order valence-corrected chi connectivity index (χ4v) is 1.78. The van der Waals surface area contributed by atoms with E-state index in [9.17, 15) is 9.59 Å². The zero-order valence-electron chi connectivity index (χ0n) is 10.1. The number of Topliss-reactive ketones (excluding diaryl/α,β-unsaturated/α-hetero) is 1. The molecule has 0 radical (unpaired) electrons. The lowest BCUT2D eigenvalue weighted by molar-refractivity contribution is -0.135. The van der Waals surface area contributed by atoms with Gasteiger partial charge in [0.05, 0.1) is 14.2 Å². The minimum Gasteiger partial charge on any atom is -0.497 e. The summed E-state index contributed by atoms with van der Waals surface area (Å²) < 4.78 is 9.57. The minimum absolute atomic E-state index is 0.318. The third-order valence-electron chi connectivity index (χ3n) is 2.70. The number of carbonyl (C=O) groups is 2. The molecule has 0 saturated heterocycles. The van der Waals surface area contributed by atoms with Crippen LogP contribution in [-0.4, -0.2) is 26.0 Å².